The van der Waals surface area contributed by atoms with Gasteiger partial charge in [-0.05, 0) is 31.0 Å². The average Bonchev–Trinajstić information content (AvgIpc) is 3.62. The van der Waals surface area contributed by atoms with Crippen molar-refractivity contribution in [1.29, 1.82) is 5.26 Å². The van der Waals surface area contributed by atoms with E-state index in [4.69, 9.17) is 10.8 Å². The molecule has 0 saturated carbocycles. The van der Waals surface area contributed by atoms with Gasteiger partial charge in [-0.2, -0.15) is 10.4 Å². The van der Waals surface area contributed by atoms with Crippen molar-refractivity contribution < 1.29 is 4.79 Å². The fourth-order valence-corrected chi connectivity index (χ4v) is 4.87. The van der Waals surface area contributed by atoms with Crippen LogP contribution in [-0.2, 0) is 0 Å². The smallest absolute Gasteiger partial charge is 0.283 e. The lowest BCUT2D eigenvalue weighted by molar-refractivity contribution is 0.100. The molecule has 1 aliphatic heterocycles. The maximum absolute atomic E-state index is 13.8. The van der Waals surface area contributed by atoms with Crippen molar-refractivity contribution in [3.8, 4) is 11.8 Å². The molecular formula is C24H19N9O2. The molecule has 0 bridgehead atoms. The van der Waals surface area contributed by atoms with Gasteiger partial charge in [0.25, 0.3) is 11.5 Å². The van der Waals surface area contributed by atoms with Gasteiger partial charge in [0, 0.05) is 18.9 Å². The van der Waals surface area contributed by atoms with Gasteiger partial charge in [-0.15, -0.1) is 0 Å². The highest BCUT2D eigenvalue weighted by atomic mass is 16.1. The van der Waals surface area contributed by atoms with Gasteiger partial charge in [0.1, 0.15) is 29.4 Å². The molecule has 0 radical (unpaired) electrons. The van der Waals surface area contributed by atoms with Gasteiger partial charge in [-0.25, -0.2) is 14.5 Å². The zero-order valence-corrected chi connectivity index (χ0v) is 18.4. The normalized spacial score (nSPS) is 15.6. The van der Waals surface area contributed by atoms with Crippen LogP contribution in [0.5, 0.6) is 0 Å². The SMILES string of the molecule is N#Cc1c[nH]c2ncnc(N3CCC[C@H]3c3nn4ccc(C(N)=O)c4c(=O)n3-c3ccccc3)c12. The number of nitriles is 1. The second kappa shape index (κ2) is 7.81. The summed E-state index contributed by atoms with van der Waals surface area (Å²) in [7, 11) is 0. The molecule has 0 unspecified atom stereocenters. The van der Waals surface area contributed by atoms with Gasteiger partial charge >= 0.3 is 0 Å². The number of hydrogen-bond acceptors (Lipinski definition) is 7. The topological polar surface area (TPSA) is 151 Å². The third kappa shape index (κ3) is 3.07. The van der Waals surface area contributed by atoms with Crippen LogP contribution in [0.25, 0.3) is 22.2 Å². The maximum atomic E-state index is 13.8. The maximum Gasteiger partial charge on any atom is 0.283 e. The second-order valence-corrected chi connectivity index (χ2v) is 8.31. The van der Waals surface area contributed by atoms with E-state index in [0.29, 0.717) is 46.9 Å². The Balaban J connectivity index is 1.61. The number of fused-ring (bicyclic) bond motifs is 2. The molecule has 1 atom stereocenters. The molecule has 11 heteroatoms. The molecule has 6 rings (SSSR count). The van der Waals surface area contributed by atoms with Crippen LogP contribution in [0.4, 0.5) is 5.82 Å². The molecule has 5 heterocycles. The highest BCUT2D eigenvalue weighted by Gasteiger charge is 2.34. The molecule has 11 nitrogen and oxygen atoms in total. The number of anilines is 1. The summed E-state index contributed by atoms with van der Waals surface area (Å²) in [5, 5.41) is 15.1. The minimum absolute atomic E-state index is 0.116. The Hall–Kier alpha value is -4.98. The van der Waals surface area contributed by atoms with E-state index in [0.717, 1.165) is 6.42 Å². The lowest BCUT2D eigenvalue weighted by Gasteiger charge is -2.27. The number of rotatable bonds is 4. The number of aromatic nitrogens is 6. The lowest BCUT2D eigenvalue weighted by atomic mass is 10.1. The monoisotopic (exact) mass is 465 g/mol. The standard InChI is InChI=1S/C24H19N9O2/c25-11-14-12-27-21-18(14)23(29-13-28-21)31-9-4-7-17(31)22-30-32-10-8-16(20(26)34)19(32)24(35)33(22)15-5-2-1-3-6-15/h1-3,5-6,8,10,12-13,17H,4,7,9H2,(H2,26,34)(H,27,28,29)/t17-/m0/s1. The first-order chi connectivity index (χ1) is 17.1. The largest absolute Gasteiger partial charge is 0.366 e. The number of carbonyl (C=O) groups is 1. The minimum Gasteiger partial charge on any atom is -0.366 e. The van der Waals surface area contributed by atoms with Crippen molar-refractivity contribution in [1.82, 2.24) is 29.1 Å². The van der Waals surface area contributed by atoms with Crippen LogP contribution in [0.1, 0.15) is 40.6 Å². The van der Waals surface area contributed by atoms with Crippen molar-refractivity contribution in [2.24, 2.45) is 5.73 Å². The first-order valence-corrected chi connectivity index (χ1v) is 11.1. The number of nitrogens with zero attached hydrogens (tertiary/aromatic N) is 7. The number of carbonyl (C=O) groups excluding carboxylic acids is 1. The Labute approximate surface area is 198 Å². The Bertz CT molecular complexity index is 1710. The molecular weight excluding hydrogens is 446 g/mol. The molecule has 172 valence electrons. The van der Waals surface area contributed by atoms with Crippen molar-refractivity contribution in [2.75, 3.05) is 11.4 Å². The summed E-state index contributed by atoms with van der Waals surface area (Å²) in [6, 6.07) is 12.6. The molecule has 3 N–H and O–H groups in total. The van der Waals surface area contributed by atoms with Crippen molar-refractivity contribution in [3.63, 3.8) is 0 Å². The fourth-order valence-electron chi connectivity index (χ4n) is 4.87. The van der Waals surface area contributed by atoms with Crippen molar-refractivity contribution in [2.45, 2.75) is 18.9 Å². The van der Waals surface area contributed by atoms with E-state index in [1.807, 2.05) is 30.3 Å². The van der Waals surface area contributed by atoms with Gasteiger partial charge in [0.05, 0.1) is 28.2 Å². The van der Waals surface area contributed by atoms with E-state index < -0.39 is 5.91 Å². The highest BCUT2D eigenvalue weighted by molar-refractivity contribution is 5.99. The quantitative estimate of drug-likeness (QED) is 0.412. The van der Waals surface area contributed by atoms with Crippen molar-refractivity contribution in [3.05, 3.63) is 82.4 Å². The Morgan fingerprint density at radius 3 is 2.80 bits per heavy atom. The van der Waals surface area contributed by atoms with E-state index >= 15 is 0 Å². The molecule has 35 heavy (non-hydrogen) atoms. The first-order valence-electron chi connectivity index (χ1n) is 11.1. The third-order valence-corrected chi connectivity index (χ3v) is 6.38. The van der Waals surface area contributed by atoms with Gasteiger partial charge in [0.15, 0.2) is 5.82 Å². The van der Waals surface area contributed by atoms with E-state index in [1.165, 1.54) is 21.5 Å². The summed E-state index contributed by atoms with van der Waals surface area (Å²) in [4.78, 5) is 39.7. The summed E-state index contributed by atoms with van der Waals surface area (Å²) in [5.41, 5.74) is 7.01. The van der Waals surface area contributed by atoms with Crippen LogP contribution in [0.15, 0.2) is 59.9 Å². The third-order valence-electron chi connectivity index (χ3n) is 6.38. The van der Waals surface area contributed by atoms with Crippen LogP contribution in [0, 0.1) is 11.3 Å². The molecule has 0 spiro atoms. The number of para-hydroxylation sites is 1. The van der Waals surface area contributed by atoms with Gasteiger partial charge in [-0.3, -0.25) is 14.2 Å². The van der Waals surface area contributed by atoms with E-state index in [-0.39, 0.29) is 22.7 Å². The van der Waals surface area contributed by atoms with Gasteiger partial charge < -0.3 is 15.6 Å². The number of nitrogens with two attached hydrogens (primary N) is 1. The van der Waals surface area contributed by atoms with E-state index in [1.54, 1.807) is 12.4 Å². The first kappa shape index (κ1) is 20.6. The highest BCUT2D eigenvalue weighted by Crippen LogP contribution is 2.38. The Morgan fingerprint density at radius 1 is 1.20 bits per heavy atom. The Morgan fingerprint density at radius 2 is 2.03 bits per heavy atom. The van der Waals surface area contributed by atoms with E-state index in [9.17, 15) is 14.9 Å². The molecule has 1 amide bonds. The van der Waals surface area contributed by atoms with Crippen LogP contribution in [0.3, 0.4) is 0 Å². The molecule has 1 aliphatic rings. The van der Waals surface area contributed by atoms with Crippen LogP contribution >= 0.6 is 0 Å². The van der Waals surface area contributed by atoms with Crippen LogP contribution < -0.4 is 16.2 Å². The van der Waals surface area contributed by atoms with Crippen LogP contribution in [0.2, 0.25) is 0 Å². The molecule has 4 aromatic heterocycles. The van der Waals surface area contributed by atoms with Gasteiger partial charge in [0.2, 0.25) is 0 Å². The van der Waals surface area contributed by atoms with E-state index in [2.05, 4.69) is 25.9 Å². The lowest BCUT2D eigenvalue weighted by Crippen LogP contribution is -2.34. The van der Waals surface area contributed by atoms with Crippen molar-refractivity contribution >= 4 is 28.3 Å². The zero-order chi connectivity index (χ0) is 24.1. The number of nitrogens with one attached hydrogen (secondary N) is 1. The number of hydrogen-bond donors (Lipinski definition) is 2. The number of primary amides is 1. The molecule has 1 aromatic carbocycles. The molecule has 1 fully saturated rings. The summed E-state index contributed by atoms with van der Waals surface area (Å²) < 4.78 is 2.95. The minimum atomic E-state index is -0.693. The zero-order valence-electron chi connectivity index (χ0n) is 18.4. The summed E-state index contributed by atoms with van der Waals surface area (Å²) >= 11 is 0. The predicted molar refractivity (Wildman–Crippen MR) is 127 cm³/mol. The van der Waals surface area contributed by atoms with Gasteiger partial charge in [-0.1, -0.05) is 18.2 Å². The number of H-pyrrole nitrogens is 1. The fraction of sp³-hybridized carbons (Fsp3) is 0.167. The number of aromatic amines is 1. The van der Waals surface area contributed by atoms with Crippen LogP contribution in [-0.4, -0.2) is 41.6 Å². The predicted octanol–water partition coefficient (Wildman–Crippen LogP) is 2.07. The molecule has 5 aromatic rings. The average molecular weight is 465 g/mol. The summed E-state index contributed by atoms with van der Waals surface area (Å²) in [6.07, 6.45) is 6.19. The molecule has 1 saturated heterocycles. The molecule has 0 aliphatic carbocycles. The summed E-state index contributed by atoms with van der Waals surface area (Å²) in [6.45, 7) is 0.660. The number of amides is 1. The number of benzene rings is 1. The second-order valence-electron chi connectivity index (χ2n) is 8.31. The summed E-state index contributed by atoms with van der Waals surface area (Å²) in [5.74, 6) is 0.411. The Kier molecular flexibility index (Phi) is 4.60.